The Balaban J connectivity index is -0.000000110. The van der Waals surface area contributed by atoms with E-state index in [2.05, 4.69) is 0 Å². The molecular weight excluding hydrogens is 534 g/mol. The fraction of sp³-hybridized carbons (Fsp3) is 0.500. The molecule has 20 heteroatoms. The molecule has 32 heavy (non-hydrogen) atoms. The van der Waals surface area contributed by atoms with Crippen LogP contribution >= 0.6 is 0 Å². The van der Waals surface area contributed by atoms with E-state index < -0.39 is 72.4 Å². The quantitative estimate of drug-likeness (QED) is 0.156. The molecule has 0 saturated carbocycles. The van der Waals surface area contributed by atoms with Gasteiger partial charge < -0.3 is 90.0 Å². The van der Waals surface area contributed by atoms with Gasteiger partial charge in [-0.1, -0.05) is 0 Å². The van der Waals surface area contributed by atoms with Crippen LogP contribution in [0.2, 0.25) is 0 Å². The SMILES string of the molecule is O=C([O-])C(O)C(O)C(=O)[O-].O=C([O-])C(O)C(O)C(=O)[O-].O=C([O-])C(O)C(O)C(=O)[O-].[V+3].[V+3]. The first-order valence-corrected chi connectivity index (χ1v) is 6.73. The molecule has 0 amide bonds. The number of hydrogen-bond donors (Lipinski definition) is 6. The van der Waals surface area contributed by atoms with Gasteiger partial charge in [-0.2, -0.15) is 0 Å². The first-order chi connectivity index (χ1) is 13.4. The molecule has 6 atom stereocenters. The van der Waals surface area contributed by atoms with Gasteiger partial charge in [-0.25, -0.2) is 0 Å². The van der Waals surface area contributed by atoms with Gasteiger partial charge in [0.2, 0.25) is 0 Å². The van der Waals surface area contributed by atoms with Crippen LogP contribution in [0.5, 0.6) is 0 Å². The zero-order valence-electron chi connectivity index (χ0n) is 14.9. The van der Waals surface area contributed by atoms with Gasteiger partial charge in [-0.15, -0.1) is 0 Å². The number of carboxylic acid groups (broad SMARTS) is 6. The molecule has 0 fully saturated rings. The van der Waals surface area contributed by atoms with E-state index in [1.807, 2.05) is 0 Å². The van der Waals surface area contributed by atoms with Gasteiger partial charge >= 0.3 is 37.1 Å². The molecule has 0 aromatic carbocycles. The Morgan fingerprint density at radius 3 is 0.438 bits per heavy atom. The molecule has 0 aromatic heterocycles. The van der Waals surface area contributed by atoms with Gasteiger partial charge in [0.05, 0.1) is 35.8 Å². The van der Waals surface area contributed by atoms with Crippen LogP contribution in [-0.2, 0) is 65.9 Å². The second kappa shape index (κ2) is 19.4. The molecule has 0 aliphatic rings. The zero-order valence-corrected chi connectivity index (χ0v) is 17.7. The summed E-state index contributed by atoms with van der Waals surface area (Å²) < 4.78 is 0. The molecule has 0 saturated heterocycles. The van der Waals surface area contributed by atoms with E-state index >= 15 is 0 Å². The molecule has 0 aromatic rings. The number of hydrogen-bond acceptors (Lipinski definition) is 18. The van der Waals surface area contributed by atoms with Crippen LogP contribution in [0.3, 0.4) is 0 Å². The molecular formula is C12H12O18V2. The Morgan fingerprint density at radius 2 is 0.406 bits per heavy atom. The van der Waals surface area contributed by atoms with Crippen molar-refractivity contribution in [1.82, 2.24) is 0 Å². The summed E-state index contributed by atoms with van der Waals surface area (Å²) in [4.78, 5) is 57.8. The van der Waals surface area contributed by atoms with Crippen molar-refractivity contribution in [1.29, 1.82) is 0 Å². The molecule has 6 N–H and O–H groups in total. The third kappa shape index (κ3) is 17.4. The van der Waals surface area contributed by atoms with Gasteiger partial charge in [0, 0.05) is 0 Å². The maximum atomic E-state index is 9.63. The Kier molecular flexibility index (Phi) is 24.4. The van der Waals surface area contributed by atoms with Crippen LogP contribution < -0.4 is 30.6 Å². The Morgan fingerprint density at radius 1 is 0.344 bits per heavy atom. The number of aliphatic hydroxyl groups is 6. The normalized spacial score (nSPS) is 14.8. The minimum Gasteiger partial charge on any atom is -0.547 e. The van der Waals surface area contributed by atoms with Crippen LogP contribution in [0.25, 0.3) is 0 Å². The van der Waals surface area contributed by atoms with Crippen molar-refractivity contribution < 1.29 is 127 Å². The summed E-state index contributed by atoms with van der Waals surface area (Å²) in [5.74, 6) is -12.4. The molecule has 18 nitrogen and oxygen atoms in total. The van der Waals surface area contributed by atoms with E-state index in [0.29, 0.717) is 0 Å². The first-order valence-electron chi connectivity index (χ1n) is 6.73. The van der Waals surface area contributed by atoms with E-state index in [4.69, 9.17) is 30.6 Å². The Bertz CT molecular complexity index is 498. The van der Waals surface area contributed by atoms with Gasteiger partial charge in [-0.3, -0.25) is 0 Å². The Labute approximate surface area is 199 Å². The predicted octanol–water partition coefficient (Wildman–Crippen LogP) is -14.4. The monoisotopic (exact) mass is 546 g/mol. The minimum atomic E-state index is -2.44. The summed E-state index contributed by atoms with van der Waals surface area (Å²) in [5, 5.41) is 107. The number of aliphatic carboxylic acids is 6. The zero-order chi connectivity index (χ0) is 24.9. The largest absolute Gasteiger partial charge is 3.00 e. The predicted molar refractivity (Wildman–Crippen MR) is 66.1 cm³/mol. The molecule has 0 aliphatic carbocycles. The summed E-state index contributed by atoms with van der Waals surface area (Å²) >= 11 is 0. The summed E-state index contributed by atoms with van der Waals surface area (Å²) in [7, 11) is 0. The molecule has 0 heterocycles. The Hall–Kier alpha value is -2.25. The van der Waals surface area contributed by atoms with Crippen molar-refractivity contribution in [3.05, 3.63) is 0 Å². The van der Waals surface area contributed by atoms with E-state index in [1.165, 1.54) is 0 Å². The number of carboxylic acids is 6. The fourth-order valence-corrected chi connectivity index (χ4v) is 0.773. The summed E-state index contributed by atoms with van der Waals surface area (Å²) in [6.07, 6.45) is -14.6. The maximum Gasteiger partial charge on any atom is 3.00 e. The van der Waals surface area contributed by atoms with E-state index in [1.54, 1.807) is 0 Å². The summed E-state index contributed by atoms with van der Waals surface area (Å²) in [5.41, 5.74) is 0. The van der Waals surface area contributed by atoms with Gasteiger partial charge in [-0.05, 0) is 0 Å². The standard InChI is InChI=1S/3C4H6O6.2V/c3*5-1(3(7)8)2(6)4(9)10;;/h3*1-2,5-6H,(H,7,8)(H,9,10);;/q;;;2*+3/p-6. The molecule has 6 unspecified atom stereocenters. The van der Waals surface area contributed by atoms with Crippen molar-refractivity contribution in [2.75, 3.05) is 0 Å². The fourth-order valence-electron chi connectivity index (χ4n) is 0.773. The second-order valence-electron chi connectivity index (χ2n) is 4.58. The van der Waals surface area contributed by atoms with Crippen LogP contribution in [0.15, 0.2) is 0 Å². The van der Waals surface area contributed by atoms with Gasteiger partial charge in [0.25, 0.3) is 0 Å². The van der Waals surface area contributed by atoms with Crippen molar-refractivity contribution in [2.45, 2.75) is 36.6 Å². The van der Waals surface area contributed by atoms with Crippen LogP contribution in [0, 0.1) is 0 Å². The summed E-state index contributed by atoms with van der Waals surface area (Å²) in [6, 6.07) is 0. The third-order valence-electron chi connectivity index (χ3n) is 2.35. The minimum absolute atomic E-state index is 0. The van der Waals surface area contributed by atoms with Crippen molar-refractivity contribution >= 4 is 35.8 Å². The molecule has 0 bridgehead atoms. The van der Waals surface area contributed by atoms with Crippen molar-refractivity contribution in [3.63, 3.8) is 0 Å². The van der Waals surface area contributed by atoms with E-state index in [9.17, 15) is 59.4 Å². The summed E-state index contributed by atoms with van der Waals surface area (Å²) in [6.45, 7) is 0. The van der Waals surface area contributed by atoms with Gasteiger partial charge in [0.1, 0.15) is 36.6 Å². The maximum absolute atomic E-state index is 9.63. The number of carbonyl (C=O) groups excluding carboxylic acids is 6. The second-order valence-corrected chi connectivity index (χ2v) is 4.58. The number of rotatable bonds is 9. The van der Waals surface area contributed by atoms with Gasteiger partial charge in [0.15, 0.2) is 0 Å². The average Bonchev–Trinajstić information content (AvgIpc) is 2.64. The van der Waals surface area contributed by atoms with Crippen LogP contribution in [-0.4, -0.2) is 103 Å². The molecule has 0 rings (SSSR count). The average molecular weight is 546 g/mol. The molecule has 178 valence electrons. The first kappa shape index (κ1) is 40.1. The van der Waals surface area contributed by atoms with Crippen molar-refractivity contribution in [2.24, 2.45) is 0 Å². The molecule has 0 spiro atoms. The molecule has 0 radical (unpaired) electrons. The van der Waals surface area contributed by atoms with Crippen LogP contribution in [0.1, 0.15) is 0 Å². The number of aliphatic hydroxyl groups excluding tert-OH is 6. The topological polar surface area (TPSA) is 362 Å². The smallest absolute Gasteiger partial charge is 0.547 e. The molecule has 0 aliphatic heterocycles. The van der Waals surface area contributed by atoms with E-state index in [-0.39, 0.29) is 37.1 Å². The van der Waals surface area contributed by atoms with E-state index in [0.717, 1.165) is 0 Å². The third-order valence-corrected chi connectivity index (χ3v) is 2.35. The van der Waals surface area contributed by atoms with Crippen molar-refractivity contribution in [3.8, 4) is 0 Å². The number of carbonyl (C=O) groups is 6. The van der Waals surface area contributed by atoms with Crippen LogP contribution in [0.4, 0.5) is 0 Å².